The number of likely N-dealkylation sites (tertiary alicyclic amines) is 1. The first-order valence-corrected chi connectivity index (χ1v) is 9.10. The number of rotatable bonds is 7. The van der Waals surface area contributed by atoms with Gasteiger partial charge in [-0.3, -0.25) is 14.9 Å². The van der Waals surface area contributed by atoms with Crippen molar-refractivity contribution in [3.05, 3.63) is 82.0 Å². The molecule has 6 heteroatoms. The Morgan fingerprint density at radius 3 is 2.33 bits per heavy atom. The van der Waals surface area contributed by atoms with Gasteiger partial charge in [-0.2, -0.15) is 0 Å². The van der Waals surface area contributed by atoms with Gasteiger partial charge >= 0.3 is 0 Å². The molecule has 0 bridgehead atoms. The highest BCUT2D eigenvalue weighted by Crippen LogP contribution is 2.22. The average Bonchev–Trinajstić information content (AvgIpc) is 2.69. The van der Waals surface area contributed by atoms with Crippen molar-refractivity contribution in [2.45, 2.75) is 19.3 Å². The summed E-state index contributed by atoms with van der Waals surface area (Å²) in [6.07, 6.45) is 4.53. The van der Waals surface area contributed by atoms with E-state index < -0.39 is 4.92 Å². The maximum absolute atomic E-state index is 13.0. The number of nitro groups is 1. The lowest BCUT2D eigenvalue weighted by Crippen LogP contribution is -2.37. The number of piperidine rings is 1. The second-order valence-corrected chi connectivity index (χ2v) is 6.86. The molecule has 0 unspecified atom stereocenters. The summed E-state index contributed by atoms with van der Waals surface area (Å²) in [6, 6.07) is 12.4. The first-order chi connectivity index (χ1) is 13.0. The van der Waals surface area contributed by atoms with Crippen LogP contribution in [0.25, 0.3) is 0 Å². The third-order valence-corrected chi connectivity index (χ3v) is 5.00. The highest BCUT2D eigenvalue weighted by Gasteiger charge is 2.25. The standard InChI is InChI=1S/C21H22FN2O3/c22-19-7-5-17(6-8-19)21(25)18-11-14-23(15-12-18)13-1-2-16-3-9-20(10-4-16)24(26)27/h1,3-10,18H,2,11-15H2. The summed E-state index contributed by atoms with van der Waals surface area (Å²) in [6.45, 7) is 2.54. The number of Topliss-reactive ketones (excluding diaryl/α,β-unsaturated/α-hetero) is 1. The van der Waals surface area contributed by atoms with Gasteiger partial charge in [-0.1, -0.05) is 12.1 Å². The van der Waals surface area contributed by atoms with Crippen molar-refractivity contribution >= 4 is 11.5 Å². The van der Waals surface area contributed by atoms with Crippen molar-refractivity contribution < 1.29 is 14.1 Å². The van der Waals surface area contributed by atoms with Crippen LogP contribution >= 0.6 is 0 Å². The maximum atomic E-state index is 13.0. The molecule has 1 saturated heterocycles. The average molecular weight is 369 g/mol. The summed E-state index contributed by atoms with van der Waals surface area (Å²) >= 11 is 0. The van der Waals surface area contributed by atoms with E-state index in [1.54, 1.807) is 24.3 Å². The third kappa shape index (κ3) is 5.20. The number of hydrogen-bond acceptors (Lipinski definition) is 4. The van der Waals surface area contributed by atoms with Crippen molar-refractivity contribution in [1.82, 2.24) is 4.90 Å². The molecule has 0 N–H and O–H groups in total. The molecule has 0 aliphatic carbocycles. The van der Waals surface area contributed by atoms with Gasteiger partial charge in [0.15, 0.2) is 5.78 Å². The number of carbonyl (C=O) groups is 1. The van der Waals surface area contributed by atoms with Crippen LogP contribution in [0.3, 0.4) is 0 Å². The van der Waals surface area contributed by atoms with Gasteiger partial charge < -0.3 is 4.90 Å². The molecule has 5 nitrogen and oxygen atoms in total. The molecule has 141 valence electrons. The van der Waals surface area contributed by atoms with Crippen LogP contribution in [-0.2, 0) is 6.42 Å². The number of nitrogens with zero attached hydrogens (tertiary/aromatic N) is 2. The molecule has 1 heterocycles. The Morgan fingerprint density at radius 2 is 1.74 bits per heavy atom. The largest absolute Gasteiger partial charge is 0.303 e. The predicted octanol–water partition coefficient (Wildman–Crippen LogP) is 4.08. The summed E-state index contributed by atoms with van der Waals surface area (Å²) in [5.74, 6) is -0.226. The Hall–Kier alpha value is -2.60. The molecule has 0 amide bonds. The lowest BCUT2D eigenvalue weighted by atomic mass is 9.89. The molecule has 3 rings (SSSR count). The fourth-order valence-corrected chi connectivity index (χ4v) is 3.40. The van der Waals surface area contributed by atoms with Crippen LogP contribution in [0, 0.1) is 28.3 Å². The number of halogens is 1. The molecule has 1 radical (unpaired) electrons. The van der Waals surface area contributed by atoms with E-state index in [0.717, 1.165) is 44.5 Å². The summed E-state index contributed by atoms with van der Waals surface area (Å²) in [7, 11) is 0. The Bertz CT molecular complexity index is 782. The van der Waals surface area contributed by atoms with E-state index in [0.29, 0.717) is 5.56 Å². The lowest BCUT2D eigenvalue weighted by Gasteiger charge is -2.31. The van der Waals surface area contributed by atoms with Crippen molar-refractivity contribution in [1.29, 1.82) is 0 Å². The highest BCUT2D eigenvalue weighted by molar-refractivity contribution is 5.97. The summed E-state index contributed by atoms with van der Waals surface area (Å²) in [5, 5.41) is 10.7. The number of nitro benzene ring substituents is 1. The van der Waals surface area contributed by atoms with E-state index in [4.69, 9.17) is 0 Å². The van der Waals surface area contributed by atoms with Crippen LogP contribution in [-0.4, -0.2) is 35.2 Å². The Labute approximate surface area is 158 Å². The van der Waals surface area contributed by atoms with Gasteiger partial charge in [0.05, 0.1) is 4.92 Å². The Morgan fingerprint density at radius 1 is 1.11 bits per heavy atom. The second-order valence-electron chi connectivity index (χ2n) is 6.86. The summed E-state index contributed by atoms with van der Waals surface area (Å²) in [5.41, 5.74) is 1.73. The summed E-state index contributed by atoms with van der Waals surface area (Å²) < 4.78 is 13.0. The fraction of sp³-hybridized carbons (Fsp3) is 0.333. The van der Waals surface area contributed by atoms with Crippen molar-refractivity contribution in [2.75, 3.05) is 19.6 Å². The topological polar surface area (TPSA) is 63.5 Å². The monoisotopic (exact) mass is 369 g/mol. The lowest BCUT2D eigenvalue weighted by molar-refractivity contribution is -0.384. The fourth-order valence-electron chi connectivity index (χ4n) is 3.40. The maximum Gasteiger partial charge on any atom is 0.269 e. The number of carbonyl (C=O) groups excluding carboxylic acids is 1. The van der Waals surface area contributed by atoms with E-state index in [-0.39, 0.29) is 23.2 Å². The van der Waals surface area contributed by atoms with Gasteiger partial charge in [-0.15, -0.1) is 0 Å². The first-order valence-electron chi connectivity index (χ1n) is 9.10. The first kappa shape index (κ1) is 19.2. The molecule has 1 aliphatic heterocycles. The van der Waals surface area contributed by atoms with Gasteiger partial charge in [0.2, 0.25) is 0 Å². The van der Waals surface area contributed by atoms with Crippen LogP contribution in [0.5, 0.6) is 0 Å². The SMILES string of the molecule is O=C(c1ccc(F)cc1)C1CCN(C[CH]Cc2ccc([N+](=O)[O-])cc2)CC1. The Kier molecular flexibility index (Phi) is 6.29. The normalized spacial score (nSPS) is 15.6. The van der Waals surface area contributed by atoms with Crippen LogP contribution < -0.4 is 0 Å². The summed E-state index contributed by atoms with van der Waals surface area (Å²) in [4.78, 5) is 25.1. The minimum atomic E-state index is -0.398. The van der Waals surface area contributed by atoms with E-state index in [1.165, 1.54) is 24.3 Å². The molecule has 27 heavy (non-hydrogen) atoms. The molecule has 0 saturated carbocycles. The van der Waals surface area contributed by atoms with Crippen LogP contribution in [0.15, 0.2) is 48.5 Å². The predicted molar refractivity (Wildman–Crippen MR) is 101 cm³/mol. The molecule has 0 atom stereocenters. The van der Waals surface area contributed by atoms with Crippen LogP contribution in [0.2, 0.25) is 0 Å². The number of non-ortho nitro benzene ring substituents is 1. The zero-order chi connectivity index (χ0) is 19.2. The van der Waals surface area contributed by atoms with E-state index >= 15 is 0 Å². The van der Waals surface area contributed by atoms with E-state index in [9.17, 15) is 19.3 Å². The number of hydrogen-bond donors (Lipinski definition) is 0. The van der Waals surface area contributed by atoms with Crippen LogP contribution in [0.1, 0.15) is 28.8 Å². The third-order valence-electron chi connectivity index (χ3n) is 5.00. The van der Waals surface area contributed by atoms with Gasteiger partial charge in [0, 0.05) is 30.2 Å². The highest BCUT2D eigenvalue weighted by atomic mass is 19.1. The van der Waals surface area contributed by atoms with Gasteiger partial charge in [-0.05, 0) is 68.6 Å². The zero-order valence-corrected chi connectivity index (χ0v) is 15.0. The molecule has 0 aromatic heterocycles. The number of ketones is 1. The minimum absolute atomic E-state index is 0.00128. The van der Waals surface area contributed by atoms with Gasteiger partial charge in [0.25, 0.3) is 5.69 Å². The van der Waals surface area contributed by atoms with E-state index in [2.05, 4.69) is 11.3 Å². The molecule has 0 spiro atoms. The Balaban J connectivity index is 1.41. The molecular formula is C21H22FN2O3. The quantitative estimate of drug-likeness (QED) is 0.419. The zero-order valence-electron chi connectivity index (χ0n) is 15.0. The smallest absolute Gasteiger partial charge is 0.269 e. The van der Waals surface area contributed by atoms with E-state index in [1.807, 2.05) is 0 Å². The molecule has 2 aromatic rings. The van der Waals surface area contributed by atoms with Gasteiger partial charge in [-0.25, -0.2) is 4.39 Å². The van der Waals surface area contributed by atoms with Crippen molar-refractivity contribution in [2.24, 2.45) is 5.92 Å². The van der Waals surface area contributed by atoms with Crippen molar-refractivity contribution in [3.8, 4) is 0 Å². The second kappa shape index (κ2) is 8.86. The molecular weight excluding hydrogens is 347 g/mol. The minimum Gasteiger partial charge on any atom is -0.303 e. The molecule has 1 aliphatic rings. The number of benzene rings is 2. The molecule has 1 fully saturated rings. The van der Waals surface area contributed by atoms with Crippen molar-refractivity contribution in [3.63, 3.8) is 0 Å². The molecule has 2 aromatic carbocycles. The van der Waals surface area contributed by atoms with Gasteiger partial charge in [0.1, 0.15) is 5.82 Å². The van der Waals surface area contributed by atoms with Crippen LogP contribution in [0.4, 0.5) is 10.1 Å².